The van der Waals surface area contributed by atoms with Gasteiger partial charge in [0.2, 0.25) is 0 Å². The van der Waals surface area contributed by atoms with Crippen LogP contribution in [0.2, 0.25) is 16.6 Å². The third-order valence-corrected chi connectivity index (χ3v) is 12.4. The lowest BCUT2D eigenvalue weighted by molar-refractivity contribution is 0.0991. The third kappa shape index (κ3) is 3.52. The molecule has 138 valence electrons. The monoisotopic (exact) mass is 422 g/mol. The number of hydrogen-bond acceptors (Lipinski definition) is 2. The van der Waals surface area contributed by atoms with E-state index in [2.05, 4.69) is 70.1 Å². The average Bonchev–Trinajstić information content (AvgIpc) is 2.81. The minimum absolute atomic E-state index is 0.119. The molecule has 0 fully saturated rings. The Morgan fingerprint density at radius 2 is 1.68 bits per heavy atom. The number of carbonyl (C=O) groups excluding carboxylic acids is 1. The van der Waals surface area contributed by atoms with Gasteiger partial charge in [-0.1, -0.05) is 69.6 Å². The fourth-order valence-corrected chi connectivity index (χ4v) is 10.6. The quantitative estimate of drug-likeness (QED) is 0.356. The van der Waals surface area contributed by atoms with E-state index in [-0.39, 0.29) is 11.7 Å². The minimum atomic E-state index is -2.03. The average molecular weight is 423 g/mol. The van der Waals surface area contributed by atoms with Gasteiger partial charge in [0.05, 0.1) is 0 Å². The van der Waals surface area contributed by atoms with Gasteiger partial charge in [0, 0.05) is 22.4 Å². The molecule has 0 unspecified atom stereocenters. The van der Waals surface area contributed by atoms with Gasteiger partial charge in [-0.15, -0.1) is 0 Å². The molecule has 4 heteroatoms. The Morgan fingerprint density at radius 1 is 1.16 bits per heavy atom. The molecule has 0 heterocycles. The summed E-state index contributed by atoms with van der Waals surface area (Å²) in [5, 5.41) is 0. The van der Waals surface area contributed by atoms with Crippen molar-refractivity contribution in [3.63, 3.8) is 0 Å². The molecule has 25 heavy (non-hydrogen) atoms. The van der Waals surface area contributed by atoms with Crippen molar-refractivity contribution in [1.29, 1.82) is 0 Å². The molecule has 1 aromatic rings. The van der Waals surface area contributed by atoms with E-state index in [0.29, 0.717) is 23.0 Å². The number of ketones is 1. The van der Waals surface area contributed by atoms with E-state index in [1.54, 1.807) is 0 Å². The van der Waals surface area contributed by atoms with Crippen LogP contribution in [0.1, 0.15) is 76.7 Å². The second-order valence-electron chi connectivity index (χ2n) is 8.31. The van der Waals surface area contributed by atoms with Crippen molar-refractivity contribution in [2.45, 2.75) is 77.4 Å². The van der Waals surface area contributed by atoms with Crippen LogP contribution in [0.15, 0.2) is 28.8 Å². The zero-order chi connectivity index (χ0) is 19.1. The molecule has 2 nitrogen and oxygen atoms in total. The van der Waals surface area contributed by atoms with Gasteiger partial charge in [-0.25, -0.2) is 0 Å². The highest BCUT2D eigenvalue weighted by Crippen LogP contribution is 2.47. The first-order valence-electron chi connectivity index (χ1n) is 9.23. The lowest BCUT2D eigenvalue weighted by Gasteiger charge is -2.42. The van der Waals surface area contributed by atoms with Crippen LogP contribution in [-0.2, 0) is 0 Å². The van der Waals surface area contributed by atoms with Crippen LogP contribution >= 0.6 is 15.9 Å². The smallest absolute Gasteiger partial charge is 0.258 e. The van der Waals surface area contributed by atoms with E-state index in [9.17, 15) is 4.79 Å². The van der Waals surface area contributed by atoms with E-state index in [0.717, 1.165) is 26.9 Å². The van der Waals surface area contributed by atoms with Crippen molar-refractivity contribution in [3.05, 3.63) is 39.9 Å². The Hall–Kier alpha value is -0.873. The van der Waals surface area contributed by atoms with E-state index in [1.807, 2.05) is 13.0 Å². The summed E-state index contributed by atoms with van der Waals surface area (Å²) in [5.74, 6) is 1.15. The first kappa shape index (κ1) is 20.4. The van der Waals surface area contributed by atoms with Crippen LogP contribution < -0.4 is 4.43 Å². The summed E-state index contributed by atoms with van der Waals surface area (Å²) in [5.41, 5.74) is 4.42. The Morgan fingerprint density at radius 3 is 2.12 bits per heavy atom. The summed E-state index contributed by atoms with van der Waals surface area (Å²) >= 11 is 3.70. The second kappa shape index (κ2) is 7.40. The minimum Gasteiger partial charge on any atom is -0.543 e. The number of carbonyl (C=O) groups is 1. The molecule has 0 aromatic heterocycles. The predicted molar refractivity (Wildman–Crippen MR) is 112 cm³/mol. The topological polar surface area (TPSA) is 26.3 Å². The zero-order valence-corrected chi connectivity index (χ0v) is 19.2. The summed E-state index contributed by atoms with van der Waals surface area (Å²) < 4.78 is 7.74. The van der Waals surface area contributed by atoms with E-state index >= 15 is 0 Å². The summed E-state index contributed by atoms with van der Waals surface area (Å²) in [6, 6.07) is 4.03. The number of rotatable bonds is 6. The molecule has 2 rings (SSSR count). The Balaban J connectivity index is 2.52. The maximum atomic E-state index is 12.5. The number of hydrogen-bond donors (Lipinski definition) is 0. The third-order valence-electron chi connectivity index (χ3n) is 5.74. The fourth-order valence-electron chi connectivity index (χ4n) is 4.61. The van der Waals surface area contributed by atoms with Crippen LogP contribution in [-0.4, -0.2) is 14.1 Å². The molecule has 0 radical (unpaired) electrons. The molecular formula is C21H31BrO2Si. The van der Waals surface area contributed by atoms with Gasteiger partial charge in [-0.05, 0) is 41.2 Å². The molecular weight excluding hydrogens is 392 g/mol. The molecule has 1 aliphatic carbocycles. The molecule has 1 aliphatic rings. The summed E-state index contributed by atoms with van der Waals surface area (Å²) in [4.78, 5) is 12.5. The Labute approximate surface area is 162 Å². The van der Waals surface area contributed by atoms with Gasteiger partial charge in [0.25, 0.3) is 8.32 Å². The van der Waals surface area contributed by atoms with Crippen LogP contribution in [0.3, 0.4) is 0 Å². The molecule has 0 aliphatic heterocycles. The Kier molecular flexibility index (Phi) is 6.05. The number of halogens is 1. The number of fused-ring (bicyclic) bond motifs is 1. The summed E-state index contributed by atoms with van der Waals surface area (Å²) in [7, 11) is -2.03. The lowest BCUT2D eigenvalue weighted by Crippen LogP contribution is -2.50. The van der Waals surface area contributed by atoms with Crippen molar-refractivity contribution in [2.24, 2.45) is 0 Å². The standard InChI is InChI=1S/C21H31BrO2Si/c1-12(2)17-11-20(23)18-9-16(10-19(22)21(17)18)24-25(13(3)4,14(5)6)15(7)8/h9-10,13-15,17H,1,11H2,2-8H3/t17-/m0/s1. The van der Waals surface area contributed by atoms with Gasteiger partial charge in [-0.2, -0.15) is 0 Å². The normalized spacial score (nSPS) is 17.6. The molecule has 0 saturated heterocycles. The summed E-state index contributed by atoms with van der Waals surface area (Å²) in [6.07, 6.45) is 0.522. The van der Waals surface area contributed by atoms with Crippen molar-refractivity contribution < 1.29 is 9.22 Å². The van der Waals surface area contributed by atoms with Gasteiger partial charge in [0.15, 0.2) is 5.78 Å². The molecule has 0 amide bonds. The van der Waals surface area contributed by atoms with E-state index < -0.39 is 8.32 Å². The maximum absolute atomic E-state index is 12.5. The molecule has 1 aromatic carbocycles. The highest BCUT2D eigenvalue weighted by molar-refractivity contribution is 9.10. The van der Waals surface area contributed by atoms with Crippen LogP contribution in [0, 0.1) is 0 Å². The van der Waals surface area contributed by atoms with Crippen molar-refractivity contribution in [1.82, 2.24) is 0 Å². The van der Waals surface area contributed by atoms with Crippen LogP contribution in [0.5, 0.6) is 5.75 Å². The van der Waals surface area contributed by atoms with E-state index in [4.69, 9.17) is 4.43 Å². The number of Topliss-reactive ketones (excluding diaryl/α,β-unsaturated/α-hetero) is 1. The Bertz CT molecular complexity index is 670. The van der Waals surface area contributed by atoms with Gasteiger partial charge in [0.1, 0.15) is 5.75 Å². The predicted octanol–water partition coefficient (Wildman–Crippen LogP) is 7.25. The first-order valence-corrected chi connectivity index (χ1v) is 12.2. The van der Waals surface area contributed by atoms with Crippen molar-refractivity contribution in [2.75, 3.05) is 0 Å². The van der Waals surface area contributed by atoms with Crippen molar-refractivity contribution in [3.8, 4) is 5.75 Å². The summed E-state index contributed by atoms with van der Waals surface area (Å²) in [6.45, 7) is 19.7. The van der Waals surface area contributed by atoms with Crippen LogP contribution in [0.4, 0.5) is 0 Å². The zero-order valence-electron chi connectivity index (χ0n) is 16.6. The van der Waals surface area contributed by atoms with Crippen LogP contribution in [0.25, 0.3) is 0 Å². The number of allylic oxidation sites excluding steroid dienone is 1. The molecule has 0 N–H and O–H groups in total. The maximum Gasteiger partial charge on any atom is 0.258 e. The van der Waals surface area contributed by atoms with Gasteiger partial charge in [-0.3, -0.25) is 4.79 Å². The number of benzene rings is 1. The molecule has 0 saturated carbocycles. The largest absolute Gasteiger partial charge is 0.543 e. The fraction of sp³-hybridized carbons (Fsp3) is 0.571. The molecule has 0 bridgehead atoms. The lowest BCUT2D eigenvalue weighted by atomic mass is 9.95. The van der Waals surface area contributed by atoms with Gasteiger partial charge < -0.3 is 4.43 Å². The molecule has 1 atom stereocenters. The van der Waals surface area contributed by atoms with E-state index in [1.165, 1.54) is 0 Å². The second-order valence-corrected chi connectivity index (χ2v) is 14.5. The highest BCUT2D eigenvalue weighted by atomic mass is 79.9. The molecule has 0 spiro atoms. The first-order chi connectivity index (χ1) is 11.5. The van der Waals surface area contributed by atoms with Crippen molar-refractivity contribution >= 4 is 30.0 Å². The highest BCUT2D eigenvalue weighted by Gasteiger charge is 2.47. The SMILES string of the molecule is C=C(C)[C@@H]1CC(=O)c2cc(O[Si](C(C)C)(C(C)C)C(C)C)cc(Br)c21. The van der Waals surface area contributed by atoms with Gasteiger partial charge >= 0.3 is 0 Å².